The maximum Gasteiger partial charge on any atom is 0.411 e. The third kappa shape index (κ3) is 3.96. The Morgan fingerprint density at radius 1 is 1.32 bits per heavy atom. The van der Waals surface area contributed by atoms with Gasteiger partial charge < -0.3 is 4.74 Å². The lowest BCUT2D eigenvalue weighted by atomic mass is 10.2. The molecule has 0 radical (unpaired) electrons. The SMILES string of the molecule is Cc1ccc(NC(=O)OCc2ccncc2)cc1Cl. The molecule has 1 aromatic carbocycles. The summed E-state index contributed by atoms with van der Waals surface area (Å²) in [6.07, 6.45) is 2.78. The molecule has 0 aliphatic carbocycles. The number of anilines is 1. The van der Waals surface area contributed by atoms with Crippen LogP contribution in [0.5, 0.6) is 0 Å². The number of benzene rings is 1. The van der Waals surface area contributed by atoms with Crippen molar-refractivity contribution in [1.82, 2.24) is 4.98 Å². The Bertz CT molecular complexity index is 573. The zero-order valence-corrected chi connectivity index (χ0v) is 11.1. The van der Waals surface area contributed by atoms with Crippen LogP contribution >= 0.6 is 11.6 Å². The number of halogens is 1. The van der Waals surface area contributed by atoms with Crippen LogP contribution in [-0.2, 0) is 11.3 Å². The predicted octanol–water partition coefficient (Wildman–Crippen LogP) is 3.79. The summed E-state index contributed by atoms with van der Waals surface area (Å²) in [7, 11) is 0. The minimum Gasteiger partial charge on any atom is -0.444 e. The van der Waals surface area contributed by atoms with E-state index in [1.54, 1.807) is 36.7 Å². The molecule has 0 spiro atoms. The van der Waals surface area contributed by atoms with Crippen LogP contribution in [0, 0.1) is 6.92 Å². The third-order valence-electron chi connectivity index (χ3n) is 2.54. The first-order valence-corrected chi connectivity index (χ1v) is 6.12. The maximum absolute atomic E-state index is 11.6. The molecule has 1 N–H and O–H groups in total. The fourth-order valence-electron chi connectivity index (χ4n) is 1.45. The molecule has 0 bridgehead atoms. The van der Waals surface area contributed by atoms with Crippen LogP contribution in [0.15, 0.2) is 42.7 Å². The molecule has 0 saturated carbocycles. The van der Waals surface area contributed by atoms with Crippen LogP contribution in [0.2, 0.25) is 5.02 Å². The summed E-state index contributed by atoms with van der Waals surface area (Å²) in [4.78, 5) is 15.5. The van der Waals surface area contributed by atoms with Crippen molar-refractivity contribution in [2.45, 2.75) is 13.5 Å². The van der Waals surface area contributed by atoms with E-state index in [9.17, 15) is 4.79 Å². The lowest BCUT2D eigenvalue weighted by Gasteiger charge is -2.08. The van der Waals surface area contributed by atoms with E-state index in [1.165, 1.54) is 0 Å². The van der Waals surface area contributed by atoms with Crippen molar-refractivity contribution in [3.05, 3.63) is 58.9 Å². The number of rotatable bonds is 3. The Morgan fingerprint density at radius 2 is 2.05 bits per heavy atom. The lowest BCUT2D eigenvalue weighted by molar-refractivity contribution is 0.155. The number of aromatic nitrogens is 1. The molecule has 0 saturated heterocycles. The fourth-order valence-corrected chi connectivity index (χ4v) is 1.63. The minimum absolute atomic E-state index is 0.202. The summed E-state index contributed by atoms with van der Waals surface area (Å²) in [5.74, 6) is 0. The lowest BCUT2D eigenvalue weighted by Crippen LogP contribution is -2.13. The van der Waals surface area contributed by atoms with Gasteiger partial charge in [0.05, 0.1) is 0 Å². The number of nitrogens with zero attached hydrogens (tertiary/aromatic N) is 1. The van der Waals surface area contributed by atoms with Gasteiger partial charge in [-0.15, -0.1) is 0 Å². The first-order chi connectivity index (χ1) is 9.15. The van der Waals surface area contributed by atoms with Crippen LogP contribution < -0.4 is 5.32 Å². The van der Waals surface area contributed by atoms with Crippen LogP contribution in [0.3, 0.4) is 0 Å². The van der Waals surface area contributed by atoms with E-state index in [2.05, 4.69) is 10.3 Å². The summed E-state index contributed by atoms with van der Waals surface area (Å²) in [5.41, 5.74) is 2.44. The highest BCUT2D eigenvalue weighted by Crippen LogP contribution is 2.20. The van der Waals surface area contributed by atoms with Crippen molar-refractivity contribution in [2.75, 3.05) is 5.32 Å². The Kier molecular flexibility index (Phi) is 4.36. The zero-order valence-electron chi connectivity index (χ0n) is 10.4. The summed E-state index contributed by atoms with van der Waals surface area (Å²) >= 11 is 5.97. The van der Waals surface area contributed by atoms with Gasteiger partial charge in [0.25, 0.3) is 0 Å². The van der Waals surface area contributed by atoms with Gasteiger partial charge >= 0.3 is 6.09 Å². The van der Waals surface area contributed by atoms with E-state index in [1.807, 2.05) is 13.0 Å². The van der Waals surface area contributed by atoms with E-state index >= 15 is 0 Å². The Labute approximate surface area is 116 Å². The zero-order chi connectivity index (χ0) is 13.7. The normalized spacial score (nSPS) is 10.0. The molecule has 0 unspecified atom stereocenters. The molecule has 4 nitrogen and oxygen atoms in total. The second-order valence-corrected chi connectivity index (χ2v) is 4.43. The van der Waals surface area contributed by atoms with Crippen LogP contribution in [0.1, 0.15) is 11.1 Å². The summed E-state index contributed by atoms with van der Waals surface area (Å²) in [6, 6.07) is 8.87. The van der Waals surface area contributed by atoms with E-state index in [4.69, 9.17) is 16.3 Å². The molecular formula is C14H13ClN2O2. The number of ether oxygens (including phenoxy) is 1. The molecule has 0 aliphatic heterocycles. The van der Waals surface area contributed by atoms with E-state index in [0.717, 1.165) is 11.1 Å². The monoisotopic (exact) mass is 276 g/mol. The average Bonchev–Trinajstić information content (AvgIpc) is 2.42. The van der Waals surface area contributed by atoms with Crippen molar-refractivity contribution in [2.24, 2.45) is 0 Å². The number of nitrogens with one attached hydrogen (secondary N) is 1. The van der Waals surface area contributed by atoms with Gasteiger partial charge in [-0.05, 0) is 42.3 Å². The summed E-state index contributed by atoms with van der Waals surface area (Å²) in [6.45, 7) is 2.10. The second kappa shape index (κ2) is 6.20. The second-order valence-electron chi connectivity index (χ2n) is 4.02. The van der Waals surface area contributed by atoms with Crippen molar-refractivity contribution in [3.8, 4) is 0 Å². The molecule has 0 fully saturated rings. The Hall–Kier alpha value is -2.07. The standard InChI is InChI=1S/C14H13ClN2O2/c1-10-2-3-12(8-13(10)15)17-14(18)19-9-11-4-6-16-7-5-11/h2-8H,9H2,1H3,(H,17,18). The van der Waals surface area contributed by atoms with Gasteiger partial charge in [-0.1, -0.05) is 17.7 Å². The first kappa shape index (κ1) is 13.4. The molecule has 19 heavy (non-hydrogen) atoms. The van der Waals surface area contributed by atoms with Crippen LogP contribution in [-0.4, -0.2) is 11.1 Å². The smallest absolute Gasteiger partial charge is 0.411 e. The van der Waals surface area contributed by atoms with Crippen LogP contribution in [0.25, 0.3) is 0 Å². The first-order valence-electron chi connectivity index (χ1n) is 5.74. The van der Waals surface area contributed by atoms with Gasteiger partial charge in [-0.2, -0.15) is 0 Å². The highest BCUT2D eigenvalue weighted by Gasteiger charge is 2.05. The fraction of sp³-hybridized carbons (Fsp3) is 0.143. The van der Waals surface area contributed by atoms with Crippen molar-refractivity contribution < 1.29 is 9.53 Å². The molecular weight excluding hydrogens is 264 g/mol. The molecule has 0 atom stereocenters. The highest BCUT2D eigenvalue weighted by atomic mass is 35.5. The number of aryl methyl sites for hydroxylation is 1. The van der Waals surface area contributed by atoms with Crippen molar-refractivity contribution in [1.29, 1.82) is 0 Å². The van der Waals surface area contributed by atoms with Gasteiger partial charge in [0.15, 0.2) is 0 Å². The molecule has 98 valence electrons. The van der Waals surface area contributed by atoms with Gasteiger partial charge in [0, 0.05) is 23.1 Å². The molecule has 0 aliphatic rings. The topological polar surface area (TPSA) is 51.2 Å². The molecule has 1 heterocycles. The van der Waals surface area contributed by atoms with Crippen molar-refractivity contribution >= 4 is 23.4 Å². The molecule has 1 amide bonds. The van der Waals surface area contributed by atoms with E-state index in [0.29, 0.717) is 10.7 Å². The number of carbonyl (C=O) groups is 1. The number of pyridine rings is 1. The average molecular weight is 277 g/mol. The molecule has 2 aromatic rings. The minimum atomic E-state index is -0.517. The Morgan fingerprint density at radius 3 is 2.74 bits per heavy atom. The number of amides is 1. The summed E-state index contributed by atoms with van der Waals surface area (Å²) < 4.78 is 5.08. The van der Waals surface area contributed by atoms with Crippen LogP contribution in [0.4, 0.5) is 10.5 Å². The molecule has 5 heteroatoms. The largest absolute Gasteiger partial charge is 0.444 e. The van der Waals surface area contributed by atoms with E-state index < -0.39 is 6.09 Å². The van der Waals surface area contributed by atoms with E-state index in [-0.39, 0.29) is 6.61 Å². The van der Waals surface area contributed by atoms with Gasteiger partial charge in [0.2, 0.25) is 0 Å². The Balaban J connectivity index is 1.89. The van der Waals surface area contributed by atoms with Crippen molar-refractivity contribution in [3.63, 3.8) is 0 Å². The highest BCUT2D eigenvalue weighted by molar-refractivity contribution is 6.31. The number of hydrogen-bond donors (Lipinski definition) is 1. The van der Waals surface area contributed by atoms with Gasteiger partial charge in [0.1, 0.15) is 6.61 Å². The van der Waals surface area contributed by atoms with Gasteiger partial charge in [-0.25, -0.2) is 4.79 Å². The van der Waals surface area contributed by atoms with Gasteiger partial charge in [-0.3, -0.25) is 10.3 Å². The summed E-state index contributed by atoms with van der Waals surface area (Å²) in [5, 5.41) is 3.22. The quantitative estimate of drug-likeness (QED) is 0.928. The predicted molar refractivity (Wildman–Crippen MR) is 74.2 cm³/mol. The number of hydrogen-bond acceptors (Lipinski definition) is 3. The third-order valence-corrected chi connectivity index (χ3v) is 2.94. The molecule has 1 aromatic heterocycles. The molecule has 2 rings (SSSR count). The maximum atomic E-state index is 11.6. The number of carbonyl (C=O) groups excluding carboxylic acids is 1.